The van der Waals surface area contributed by atoms with Gasteiger partial charge in [-0.25, -0.2) is 0 Å². The van der Waals surface area contributed by atoms with Gasteiger partial charge in [-0.1, -0.05) is 18.6 Å². The lowest BCUT2D eigenvalue weighted by Gasteiger charge is -2.37. The molecule has 0 bridgehead atoms. The van der Waals surface area contributed by atoms with Crippen LogP contribution < -0.4 is 0 Å². The van der Waals surface area contributed by atoms with Gasteiger partial charge in [0.15, 0.2) is 0 Å². The van der Waals surface area contributed by atoms with Gasteiger partial charge in [-0.15, -0.1) is 0 Å². The first-order chi connectivity index (χ1) is 8.86. The number of likely N-dealkylation sites (tertiary alicyclic amines) is 1. The number of carbonyl (C=O) groups excluding carboxylic acids is 1. The number of nitrogens with zero attached hydrogens (tertiary/aromatic N) is 1. The molecule has 1 saturated carbocycles. The van der Waals surface area contributed by atoms with E-state index >= 15 is 0 Å². The van der Waals surface area contributed by atoms with Crippen molar-refractivity contribution in [2.24, 2.45) is 5.92 Å². The molecule has 1 aliphatic heterocycles. The molecular formula is C16H25NO. The predicted molar refractivity (Wildman–Crippen MR) is 73.5 cm³/mol. The zero-order chi connectivity index (χ0) is 12.4. The molecule has 0 radical (unpaired) electrons. The third-order valence-electron chi connectivity index (χ3n) is 5.06. The second-order valence-corrected chi connectivity index (χ2v) is 6.19. The summed E-state index contributed by atoms with van der Waals surface area (Å²) in [5.74, 6) is 0.912. The highest BCUT2D eigenvalue weighted by Gasteiger charge is 2.38. The highest BCUT2D eigenvalue weighted by molar-refractivity contribution is 5.82. The molecule has 0 N–H and O–H groups in total. The summed E-state index contributed by atoms with van der Waals surface area (Å²) in [6.07, 6.45) is 15.5. The van der Waals surface area contributed by atoms with Crippen molar-refractivity contribution in [2.45, 2.75) is 69.9 Å². The van der Waals surface area contributed by atoms with E-state index in [1.807, 2.05) is 0 Å². The van der Waals surface area contributed by atoms with Crippen LogP contribution in [0, 0.1) is 5.92 Å². The molecule has 2 heteroatoms. The van der Waals surface area contributed by atoms with Crippen LogP contribution in [-0.2, 0) is 4.79 Å². The van der Waals surface area contributed by atoms with Gasteiger partial charge in [-0.3, -0.25) is 9.69 Å². The summed E-state index contributed by atoms with van der Waals surface area (Å²) in [4.78, 5) is 14.8. The van der Waals surface area contributed by atoms with Crippen LogP contribution in [0.1, 0.15) is 57.8 Å². The number of rotatable bonds is 2. The van der Waals surface area contributed by atoms with Crippen LogP contribution in [0.25, 0.3) is 0 Å². The summed E-state index contributed by atoms with van der Waals surface area (Å²) in [5.41, 5.74) is 0. The molecule has 18 heavy (non-hydrogen) atoms. The summed E-state index contributed by atoms with van der Waals surface area (Å²) in [7, 11) is 0. The Labute approximate surface area is 110 Å². The minimum Gasteiger partial charge on any atom is -0.299 e. The lowest BCUT2D eigenvalue weighted by atomic mass is 9.81. The van der Waals surface area contributed by atoms with Gasteiger partial charge < -0.3 is 0 Å². The molecular weight excluding hydrogens is 222 g/mol. The second kappa shape index (κ2) is 5.56. The normalized spacial score (nSPS) is 38.2. The largest absolute Gasteiger partial charge is 0.299 e. The molecule has 1 saturated heterocycles. The zero-order valence-corrected chi connectivity index (χ0v) is 11.3. The Kier molecular flexibility index (Phi) is 3.83. The molecule has 3 unspecified atom stereocenters. The Morgan fingerprint density at radius 1 is 1.06 bits per heavy atom. The molecule has 0 spiro atoms. The van der Waals surface area contributed by atoms with Crippen molar-refractivity contribution in [1.29, 1.82) is 0 Å². The monoisotopic (exact) mass is 247 g/mol. The van der Waals surface area contributed by atoms with E-state index in [1.54, 1.807) is 0 Å². The first-order valence-corrected chi connectivity index (χ1v) is 7.81. The highest BCUT2D eigenvalue weighted by atomic mass is 16.1. The van der Waals surface area contributed by atoms with Crippen LogP contribution in [0.3, 0.4) is 0 Å². The number of allylic oxidation sites excluding steroid dienone is 1. The van der Waals surface area contributed by atoms with E-state index in [-0.39, 0.29) is 0 Å². The lowest BCUT2D eigenvalue weighted by Crippen LogP contribution is -2.45. The fraction of sp³-hybridized carbons (Fsp3) is 0.812. The Morgan fingerprint density at radius 2 is 2.00 bits per heavy atom. The minimum atomic E-state index is 0.358. The van der Waals surface area contributed by atoms with Crippen molar-refractivity contribution in [3.05, 3.63) is 12.2 Å². The maximum atomic E-state index is 12.2. The van der Waals surface area contributed by atoms with Gasteiger partial charge in [0.1, 0.15) is 5.78 Å². The van der Waals surface area contributed by atoms with Gasteiger partial charge >= 0.3 is 0 Å². The molecule has 100 valence electrons. The topological polar surface area (TPSA) is 20.3 Å². The molecule has 0 amide bonds. The standard InChI is InChI=1S/C16H25NO/c18-16-11-5-4-9-14(16)15-10-6-12-17(15)13-7-2-1-3-8-13/h2,7,13-15H,1,3-6,8-12H2. The van der Waals surface area contributed by atoms with Crippen molar-refractivity contribution in [1.82, 2.24) is 4.90 Å². The summed E-state index contributed by atoms with van der Waals surface area (Å²) in [6.45, 7) is 1.21. The van der Waals surface area contributed by atoms with Crippen LogP contribution >= 0.6 is 0 Å². The molecule has 3 rings (SSSR count). The molecule has 2 aliphatic carbocycles. The average molecular weight is 247 g/mol. The van der Waals surface area contributed by atoms with Crippen molar-refractivity contribution >= 4 is 5.78 Å². The molecule has 0 aromatic heterocycles. The van der Waals surface area contributed by atoms with Gasteiger partial charge in [0.2, 0.25) is 0 Å². The lowest BCUT2D eigenvalue weighted by molar-refractivity contribution is -0.126. The first-order valence-electron chi connectivity index (χ1n) is 7.81. The average Bonchev–Trinajstić information content (AvgIpc) is 2.89. The fourth-order valence-corrected chi connectivity index (χ4v) is 4.15. The van der Waals surface area contributed by atoms with Crippen molar-refractivity contribution < 1.29 is 4.79 Å². The van der Waals surface area contributed by atoms with E-state index in [4.69, 9.17) is 0 Å². The summed E-state index contributed by atoms with van der Waals surface area (Å²) in [5, 5.41) is 0. The molecule has 3 atom stereocenters. The van der Waals surface area contributed by atoms with Crippen molar-refractivity contribution in [3.63, 3.8) is 0 Å². The summed E-state index contributed by atoms with van der Waals surface area (Å²) in [6, 6.07) is 1.19. The first kappa shape index (κ1) is 12.4. The van der Waals surface area contributed by atoms with E-state index in [0.717, 1.165) is 19.3 Å². The number of hydrogen-bond donors (Lipinski definition) is 0. The molecule has 0 aromatic rings. The quantitative estimate of drug-likeness (QED) is 0.698. The highest BCUT2D eigenvalue weighted by Crippen LogP contribution is 2.35. The van der Waals surface area contributed by atoms with Crippen molar-refractivity contribution in [2.75, 3.05) is 6.54 Å². The van der Waals surface area contributed by atoms with Gasteiger partial charge in [0.05, 0.1) is 0 Å². The van der Waals surface area contributed by atoms with E-state index in [0.29, 0.717) is 23.8 Å². The Bertz CT molecular complexity index is 336. The Morgan fingerprint density at radius 3 is 2.78 bits per heavy atom. The predicted octanol–water partition coefficient (Wildman–Crippen LogP) is 3.32. The summed E-state index contributed by atoms with van der Waals surface area (Å²) < 4.78 is 0. The molecule has 1 heterocycles. The molecule has 2 fully saturated rings. The maximum Gasteiger partial charge on any atom is 0.137 e. The van der Waals surface area contributed by atoms with E-state index < -0.39 is 0 Å². The van der Waals surface area contributed by atoms with Gasteiger partial charge in [0, 0.05) is 24.4 Å². The molecule has 2 nitrogen and oxygen atoms in total. The van der Waals surface area contributed by atoms with Crippen LogP contribution in [0.5, 0.6) is 0 Å². The number of carbonyl (C=O) groups is 1. The Hall–Kier alpha value is -0.630. The van der Waals surface area contributed by atoms with Gasteiger partial charge in [-0.05, 0) is 51.5 Å². The third kappa shape index (κ3) is 2.40. The maximum absolute atomic E-state index is 12.2. The van der Waals surface area contributed by atoms with Crippen molar-refractivity contribution in [3.8, 4) is 0 Å². The van der Waals surface area contributed by atoms with E-state index in [1.165, 1.54) is 45.1 Å². The van der Waals surface area contributed by atoms with Crippen LogP contribution in [-0.4, -0.2) is 29.3 Å². The zero-order valence-electron chi connectivity index (χ0n) is 11.3. The van der Waals surface area contributed by atoms with Crippen LogP contribution in [0.15, 0.2) is 12.2 Å². The second-order valence-electron chi connectivity index (χ2n) is 6.19. The van der Waals surface area contributed by atoms with Gasteiger partial charge in [0.25, 0.3) is 0 Å². The summed E-state index contributed by atoms with van der Waals surface area (Å²) >= 11 is 0. The number of Topliss-reactive ketones (excluding diaryl/α,β-unsaturated/α-hetero) is 1. The van der Waals surface area contributed by atoms with Crippen LogP contribution in [0.4, 0.5) is 0 Å². The Balaban J connectivity index is 1.71. The third-order valence-corrected chi connectivity index (χ3v) is 5.06. The number of ketones is 1. The van der Waals surface area contributed by atoms with E-state index in [9.17, 15) is 4.79 Å². The SMILES string of the molecule is O=C1CCCCC1C1CCCN1C1C=CCCC1. The fourth-order valence-electron chi connectivity index (χ4n) is 4.15. The van der Waals surface area contributed by atoms with Crippen LogP contribution in [0.2, 0.25) is 0 Å². The van der Waals surface area contributed by atoms with E-state index in [2.05, 4.69) is 17.1 Å². The number of hydrogen-bond acceptors (Lipinski definition) is 2. The van der Waals surface area contributed by atoms with Gasteiger partial charge in [-0.2, -0.15) is 0 Å². The molecule has 0 aromatic carbocycles. The minimum absolute atomic E-state index is 0.358. The smallest absolute Gasteiger partial charge is 0.137 e. The molecule has 3 aliphatic rings.